The third-order valence-electron chi connectivity index (χ3n) is 3.00. The van der Waals surface area contributed by atoms with Crippen LogP contribution in [-0.2, 0) is 4.74 Å². The minimum Gasteiger partial charge on any atom is -0.368 e. The van der Waals surface area contributed by atoms with E-state index in [1.54, 1.807) is 6.92 Å². The molecule has 0 radical (unpaired) electrons. The molecule has 0 aromatic heterocycles. The van der Waals surface area contributed by atoms with Crippen molar-refractivity contribution in [3.63, 3.8) is 0 Å². The molecule has 0 saturated carbocycles. The molecule has 0 amide bonds. The number of fused-ring (bicyclic) bond motifs is 2. The van der Waals surface area contributed by atoms with E-state index in [9.17, 15) is 0 Å². The van der Waals surface area contributed by atoms with Gasteiger partial charge in [-0.05, 0) is 19.8 Å². The Kier molecular flexibility index (Phi) is 2.83. The zero-order chi connectivity index (χ0) is 9.26. The summed E-state index contributed by atoms with van der Waals surface area (Å²) in [6.45, 7) is 4.37. The van der Waals surface area contributed by atoms with Gasteiger partial charge >= 0.3 is 0 Å². The van der Waals surface area contributed by atoms with Gasteiger partial charge in [-0.3, -0.25) is 4.90 Å². The van der Waals surface area contributed by atoms with Gasteiger partial charge in [0.15, 0.2) is 6.29 Å². The summed E-state index contributed by atoms with van der Waals surface area (Å²) in [7, 11) is 0. The summed E-state index contributed by atoms with van der Waals surface area (Å²) in [5.41, 5.74) is 0. The first-order valence-corrected chi connectivity index (χ1v) is 5.03. The van der Waals surface area contributed by atoms with Gasteiger partial charge in [-0.15, -0.1) is 0 Å². The lowest BCUT2D eigenvalue weighted by molar-refractivity contribution is -0.133. The van der Waals surface area contributed by atoms with Gasteiger partial charge in [0, 0.05) is 25.2 Å². The van der Waals surface area contributed by atoms with Crippen molar-refractivity contribution in [1.82, 2.24) is 10.2 Å². The maximum Gasteiger partial charge on any atom is 0.153 e. The van der Waals surface area contributed by atoms with E-state index in [1.807, 2.05) is 0 Å². The molecule has 2 aliphatic rings. The Morgan fingerprint density at radius 2 is 2.08 bits per heavy atom. The number of ether oxygens (including phenoxy) is 1. The molecule has 13 heavy (non-hydrogen) atoms. The summed E-state index contributed by atoms with van der Waals surface area (Å²) < 4.78 is 5.22. The van der Waals surface area contributed by atoms with E-state index < -0.39 is 6.29 Å². The van der Waals surface area contributed by atoms with Crippen LogP contribution in [0.5, 0.6) is 0 Å². The molecule has 3 atom stereocenters. The van der Waals surface area contributed by atoms with Gasteiger partial charge in [0.25, 0.3) is 0 Å². The molecule has 2 N–H and O–H groups in total. The van der Waals surface area contributed by atoms with Gasteiger partial charge < -0.3 is 15.2 Å². The molecule has 2 aliphatic heterocycles. The molecule has 2 bridgehead atoms. The quantitative estimate of drug-likeness (QED) is 0.596. The van der Waals surface area contributed by atoms with Crippen LogP contribution in [0.2, 0.25) is 0 Å². The van der Waals surface area contributed by atoms with Gasteiger partial charge in [-0.1, -0.05) is 0 Å². The Labute approximate surface area is 78.9 Å². The first-order valence-electron chi connectivity index (χ1n) is 5.03. The van der Waals surface area contributed by atoms with Crippen molar-refractivity contribution >= 4 is 0 Å². The summed E-state index contributed by atoms with van der Waals surface area (Å²) in [5.74, 6) is 0. The molecule has 4 heteroatoms. The van der Waals surface area contributed by atoms with E-state index in [4.69, 9.17) is 9.84 Å². The van der Waals surface area contributed by atoms with Crippen molar-refractivity contribution in [2.45, 2.75) is 38.1 Å². The van der Waals surface area contributed by atoms with Gasteiger partial charge in [-0.25, -0.2) is 0 Å². The Morgan fingerprint density at radius 1 is 1.46 bits per heavy atom. The Balaban J connectivity index is 1.85. The molecule has 3 unspecified atom stereocenters. The third-order valence-corrected chi connectivity index (χ3v) is 3.00. The molecule has 4 nitrogen and oxygen atoms in total. The molecule has 76 valence electrons. The van der Waals surface area contributed by atoms with Gasteiger partial charge in [-0.2, -0.15) is 0 Å². The van der Waals surface area contributed by atoms with E-state index in [1.165, 1.54) is 12.8 Å². The van der Waals surface area contributed by atoms with E-state index >= 15 is 0 Å². The summed E-state index contributed by atoms with van der Waals surface area (Å²) in [5, 5.41) is 12.4. The summed E-state index contributed by atoms with van der Waals surface area (Å²) in [6.07, 6.45) is 1.89. The van der Waals surface area contributed by atoms with E-state index in [-0.39, 0.29) is 0 Å². The highest BCUT2D eigenvalue weighted by atomic mass is 16.6. The fourth-order valence-corrected chi connectivity index (χ4v) is 2.27. The topological polar surface area (TPSA) is 44.7 Å². The average Bonchev–Trinajstić information content (AvgIpc) is 2.34. The number of nitrogens with zero attached hydrogens (tertiary/aromatic N) is 1. The van der Waals surface area contributed by atoms with Crippen molar-refractivity contribution in [1.29, 1.82) is 0 Å². The van der Waals surface area contributed by atoms with Gasteiger partial charge in [0.2, 0.25) is 0 Å². The first kappa shape index (κ1) is 9.40. The van der Waals surface area contributed by atoms with Crippen molar-refractivity contribution in [2.75, 3.05) is 19.8 Å². The number of nitrogens with one attached hydrogen (secondary N) is 1. The zero-order valence-electron chi connectivity index (χ0n) is 8.07. The third kappa shape index (κ3) is 2.02. The molecular formula is C9H18N2O2. The molecule has 2 rings (SSSR count). The summed E-state index contributed by atoms with van der Waals surface area (Å²) in [4.78, 5) is 2.36. The summed E-state index contributed by atoms with van der Waals surface area (Å²) in [6, 6.07) is 1.25. The van der Waals surface area contributed by atoms with E-state index in [0.29, 0.717) is 18.8 Å². The number of hydrogen-bond donors (Lipinski definition) is 2. The second kappa shape index (κ2) is 3.92. The molecule has 0 aromatic rings. The van der Waals surface area contributed by atoms with Gasteiger partial charge in [0.05, 0.1) is 0 Å². The molecule has 2 fully saturated rings. The minimum atomic E-state index is -0.644. The number of rotatable bonds is 3. The Morgan fingerprint density at radius 3 is 2.62 bits per heavy atom. The van der Waals surface area contributed by atoms with Crippen molar-refractivity contribution < 1.29 is 9.84 Å². The van der Waals surface area contributed by atoms with Crippen LogP contribution in [0, 0.1) is 0 Å². The summed E-state index contributed by atoms with van der Waals surface area (Å²) >= 11 is 0. The van der Waals surface area contributed by atoms with E-state index in [2.05, 4.69) is 10.2 Å². The average molecular weight is 186 g/mol. The second-order valence-corrected chi connectivity index (χ2v) is 3.95. The zero-order valence-corrected chi connectivity index (χ0v) is 8.07. The predicted octanol–water partition coefficient (Wildman–Crippen LogP) is -0.265. The van der Waals surface area contributed by atoms with Crippen molar-refractivity contribution in [2.24, 2.45) is 0 Å². The van der Waals surface area contributed by atoms with Crippen LogP contribution in [-0.4, -0.2) is 48.2 Å². The Bertz CT molecular complexity index is 159. The van der Waals surface area contributed by atoms with Crippen LogP contribution >= 0.6 is 0 Å². The van der Waals surface area contributed by atoms with Crippen LogP contribution in [0.4, 0.5) is 0 Å². The molecule has 0 aliphatic carbocycles. The normalized spacial score (nSPS) is 36.5. The van der Waals surface area contributed by atoms with Crippen LogP contribution in [0.3, 0.4) is 0 Å². The van der Waals surface area contributed by atoms with Crippen molar-refractivity contribution in [3.05, 3.63) is 0 Å². The predicted molar refractivity (Wildman–Crippen MR) is 49.2 cm³/mol. The van der Waals surface area contributed by atoms with E-state index in [0.717, 1.165) is 13.1 Å². The standard InChI is InChI=1S/C9H18N2O2/c1-7(12)13-6-11-8-2-3-9(11)5-10-4-8/h7-10,12H,2-6H2,1H3. The highest BCUT2D eigenvalue weighted by Crippen LogP contribution is 2.26. The largest absolute Gasteiger partial charge is 0.368 e. The molecule has 0 aromatic carbocycles. The monoisotopic (exact) mass is 186 g/mol. The maximum absolute atomic E-state index is 9.01. The van der Waals surface area contributed by atoms with Crippen LogP contribution in [0.1, 0.15) is 19.8 Å². The molecule has 2 saturated heterocycles. The van der Waals surface area contributed by atoms with Crippen molar-refractivity contribution in [3.8, 4) is 0 Å². The fourth-order valence-electron chi connectivity index (χ4n) is 2.27. The number of aliphatic hydroxyl groups excluding tert-OH is 1. The SMILES string of the molecule is CC(O)OCN1C2CCC1CNC2. The maximum atomic E-state index is 9.01. The van der Waals surface area contributed by atoms with Crippen LogP contribution < -0.4 is 5.32 Å². The lowest BCUT2D eigenvalue weighted by Gasteiger charge is -2.34. The fraction of sp³-hybridized carbons (Fsp3) is 1.00. The van der Waals surface area contributed by atoms with Crippen LogP contribution in [0.15, 0.2) is 0 Å². The smallest absolute Gasteiger partial charge is 0.153 e. The van der Waals surface area contributed by atoms with Crippen LogP contribution in [0.25, 0.3) is 0 Å². The second-order valence-electron chi connectivity index (χ2n) is 3.95. The Hall–Kier alpha value is -0.160. The highest BCUT2D eigenvalue weighted by molar-refractivity contribution is 4.93. The minimum absolute atomic E-state index is 0.578. The number of aliphatic hydroxyl groups is 1. The first-order chi connectivity index (χ1) is 6.27. The highest BCUT2D eigenvalue weighted by Gasteiger charge is 2.36. The molecule has 0 spiro atoms. The lowest BCUT2D eigenvalue weighted by atomic mass is 10.2. The lowest BCUT2D eigenvalue weighted by Crippen LogP contribution is -2.52. The number of piperazine rings is 1. The molecular weight excluding hydrogens is 168 g/mol. The van der Waals surface area contributed by atoms with Gasteiger partial charge in [0.1, 0.15) is 6.73 Å². The number of hydrogen-bond acceptors (Lipinski definition) is 4. The molecule has 2 heterocycles.